The van der Waals surface area contributed by atoms with Crippen LogP contribution in [0.5, 0.6) is 5.75 Å². The number of hydrogen-bond donors (Lipinski definition) is 1. The largest absolute Gasteiger partial charge is 0.495 e. The van der Waals surface area contributed by atoms with Gasteiger partial charge in [-0.25, -0.2) is 8.42 Å². The zero-order valence-corrected chi connectivity index (χ0v) is 14.3. The third kappa shape index (κ3) is 3.25. The predicted octanol–water partition coefficient (Wildman–Crippen LogP) is 3.73. The second-order valence-corrected chi connectivity index (χ2v) is 7.16. The summed E-state index contributed by atoms with van der Waals surface area (Å²) in [7, 11) is -2.23. The Kier molecular flexibility index (Phi) is 4.47. The molecule has 0 atom stereocenters. The maximum Gasteiger partial charge on any atom is 0.265 e. The summed E-state index contributed by atoms with van der Waals surface area (Å²) in [5.41, 5.74) is 4.44. The van der Waals surface area contributed by atoms with Crippen molar-refractivity contribution in [2.75, 3.05) is 11.8 Å². The zero-order valence-electron chi connectivity index (χ0n) is 13.5. The van der Waals surface area contributed by atoms with Gasteiger partial charge >= 0.3 is 0 Å². The summed E-state index contributed by atoms with van der Waals surface area (Å²) in [5, 5.41) is 0. The number of nitrogens with one attached hydrogen (secondary N) is 1. The molecule has 2 aromatic carbocycles. The molecule has 2 rings (SSSR count). The van der Waals surface area contributed by atoms with Gasteiger partial charge in [0.1, 0.15) is 10.6 Å². The maximum absolute atomic E-state index is 12.7. The molecular weight excluding hydrogens is 298 g/mol. The lowest BCUT2D eigenvalue weighted by atomic mass is 10.1. The Morgan fingerprint density at radius 2 is 1.55 bits per heavy atom. The number of rotatable bonds is 4. The Morgan fingerprint density at radius 3 is 2.14 bits per heavy atom. The SMILES string of the molecule is COc1cc(C)c(C)cc1S(=O)(=O)Nc1ccc(C)cc1C. The van der Waals surface area contributed by atoms with Crippen LogP contribution in [0, 0.1) is 27.7 Å². The molecule has 0 aromatic heterocycles. The molecule has 0 radical (unpaired) electrons. The average Bonchev–Trinajstić information content (AvgIpc) is 2.44. The molecular formula is C17H21NO3S. The van der Waals surface area contributed by atoms with Gasteiger partial charge in [0.25, 0.3) is 10.0 Å². The summed E-state index contributed by atoms with van der Waals surface area (Å²) in [5.74, 6) is 0.348. The van der Waals surface area contributed by atoms with Crippen molar-refractivity contribution >= 4 is 15.7 Å². The van der Waals surface area contributed by atoms with Gasteiger partial charge in [0.15, 0.2) is 0 Å². The van der Waals surface area contributed by atoms with Gasteiger partial charge in [-0.15, -0.1) is 0 Å². The second-order valence-electron chi connectivity index (χ2n) is 5.51. The molecule has 2 aromatic rings. The average molecular weight is 319 g/mol. The normalized spacial score (nSPS) is 11.3. The highest BCUT2D eigenvalue weighted by molar-refractivity contribution is 7.92. The van der Waals surface area contributed by atoms with Crippen molar-refractivity contribution in [3.05, 3.63) is 52.6 Å². The Hall–Kier alpha value is -2.01. The van der Waals surface area contributed by atoms with Crippen LogP contribution in [0.15, 0.2) is 35.2 Å². The molecule has 0 saturated carbocycles. The molecule has 118 valence electrons. The van der Waals surface area contributed by atoms with Gasteiger partial charge in [0.05, 0.1) is 12.8 Å². The minimum absolute atomic E-state index is 0.151. The first-order valence-electron chi connectivity index (χ1n) is 7.00. The molecule has 0 aliphatic rings. The molecule has 0 bridgehead atoms. The van der Waals surface area contributed by atoms with Crippen LogP contribution in [-0.4, -0.2) is 15.5 Å². The highest BCUT2D eigenvalue weighted by Gasteiger charge is 2.21. The predicted molar refractivity (Wildman–Crippen MR) is 89.2 cm³/mol. The van der Waals surface area contributed by atoms with Crippen LogP contribution in [0.3, 0.4) is 0 Å². The van der Waals surface area contributed by atoms with Crippen LogP contribution in [0.2, 0.25) is 0 Å². The van der Waals surface area contributed by atoms with E-state index in [-0.39, 0.29) is 4.90 Å². The number of ether oxygens (including phenoxy) is 1. The third-order valence-electron chi connectivity index (χ3n) is 3.70. The summed E-state index contributed by atoms with van der Waals surface area (Å²) in [6.07, 6.45) is 0. The Bertz CT molecular complexity index is 811. The number of sulfonamides is 1. The van der Waals surface area contributed by atoms with Gasteiger partial charge in [-0.05, 0) is 62.6 Å². The van der Waals surface area contributed by atoms with Crippen LogP contribution >= 0.6 is 0 Å². The molecule has 0 spiro atoms. The zero-order chi connectivity index (χ0) is 16.5. The van der Waals surface area contributed by atoms with Gasteiger partial charge in [0, 0.05) is 0 Å². The summed E-state index contributed by atoms with van der Waals surface area (Å²) in [6.45, 7) is 7.65. The molecule has 0 unspecified atom stereocenters. The molecule has 0 amide bonds. The summed E-state index contributed by atoms with van der Waals surface area (Å²) in [4.78, 5) is 0.151. The lowest BCUT2D eigenvalue weighted by Gasteiger charge is -2.15. The van der Waals surface area contributed by atoms with E-state index in [1.165, 1.54) is 7.11 Å². The molecule has 0 saturated heterocycles. The Morgan fingerprint density at radius 1 is 0.909 bits per heavy atom. The van der Waals surface area contributed by atoms with Crippen LogP contribution < -0.4 is 9.46 Å². The van der Waals surface area contributed by atoms with Crippen molar-refractivity contribution in [3.8, 4) is 5.75 Å². The topological polar surface area (TPSA) is 55.4 Å². The molecule has 1 N–H and O–H groups in total. The first-order chi connectivity index (χ1) is 10.2. The van der Waals surface area contributed by atoms with E-state index in [1.54, 1.807) is 18.2 Å². The molecule has 5 heteroatoms. The van der Waals surface area contributed by atoms with Crippen molar-refractivity contribution in [1.82, 2.24) is 0 Å². The molecule has 4 nitrogen and oxygen atoms in total. The second kappa shape index (κ2) is 6.01. The van der Waals surface area contributed by atoms with Gasteiger partial charge in [-0.1, -0.05) is 17.7 Å². The fourth-order valence-electron chi connectivity index (χ4n) is 2.26. The fraction of sp³-hybridized carbons (Fsp3) is 0.294. The van der Waals surface area contributed by atoms with Crippen molar-refractivity contribution < 1.29 is 13.2 Å². The lowest BCUT2D eigenvalue weighted by molar-refractivity contribution is 0.402. The van der Waals surface area contributed by atoms with E-state index in [0.717, 1.165) is 22.3 Å². The molecule has 0 aliphatic carbocycles. The van der Waals surface area contributed by atoms with Crippen LogP contribution in [-0.2, 0) is 10.0 Å². The van der Waals surface area contributed by atoms with E-state index >= 15 is 0 Å². The van der Waals surface area contributed by atoms with E-state index in [0.29, 0.717) is 11.4 Å². The molecule has 22 heavy (non-hydrogen) atoms. The highest BCUT2D eigenvalue weighted by atomic mass is 32.2. The number of methoxy groups -OCH3 is 1. The summed E-state index contributed by atoms with van der Waals surface area (Å²) >= 11 is 0. The van der Waals surface area contributed by atoms with E-state index < -0.39 is 10.0 Å². The van der Waals surface area contributed by atoms with Gasteiger partial charge in [-0.2, -0.15) is 0 Å². The molecule has 0 heterocycles. The number of aryl methyl sites for hydroxylation is 4. The van der Waals surface area contributed by atoms with Crippen molar-refractivity contribution in [2.45, 2.75) is 32.6 Å². The number of anilines is 1. The van der Waals surface area contributed by atoms with Crippen LogP contribution in [0.25, 0.3) is 0 Å². The van der Waals surface area contributed by atoms with E-state index in [4.69, 9.17) is 4.74 Å². The number of benzene rings is 2. The van der Waals surface area contributed by atoms with Gasteiger partial charge in [0.2, 0.25) is 0 Å². The van der Waals surface area contributed by atoms with Crippen molar-refractivity contribution in [3.63, 3.8) is 0 Å². The molecule has 0 aliphatic heterocycles. The summed E-state index contributed by atoms with van der Waals surface area (Å²) in [6, 6.07) is 8.97. The van der Waals surface area contributed by atoms with Crippen LogP contribution in [0.4, 0.5) is 5.69 Å². The summed E-state index contributed by atoms with van der Waals surface area (Å²) < 4.78 is 33.3. The quantitative estimate of drug-likeness (QED) is 0.934. The minimum atomic E-state index is -3.71. The van der Waals surface area contributed by atoms with Crippen molar-refractivity contribution in [2.24, 2.45) is 0 Å². The monoisotopic (exact) mass is 319 g/mol. The Labute approximate surface area is 132 Å². The standard InChI is InChI=1S/C17H21NO3S/c1-11-6-7-15(14(4)8-11)18-22(19,20)17-10-13(3)12(2)9-16(17)21-5/h6-10,18H,1-5H3. The van der Waals surface area contributed by atoms with E-state index in [2.05, 4.69) is 4.72 Å². The van der Waals surface area contributed by atoms with E-state index in [9.17, 15) is 8.42 Å². The fourth-order valence-corrected chi connectivity index (χ4v) is 3.63. The first kappa shape index (κ1) is 16.4. The van der Waals surface area contributed by atoms with Gasteiger partial charge < -0.3 is 4.74 Å². The van der Waals surface area contributed by atoms with Gasteiger partial charge in [-0.3, -0.25) is 4.72 Å². The van der Waals surface area contributed by atoms with E-state index in [1.807, 2.05) is 39.8 Å². The van der Waals surface area contributed by atoms with Crippen molar-refractivity contribution in [1.29, 1.82) is 0 Å². The number of hydrogen-bond acceptors (Lipinski definition) is 3. The minimum Gasteiger partial charge on any atom is -0.495 e. The first-order valence-corrected chi connectivity index (χ1v) is 8.48. The molecule has 0 fully saturated rings. The third-order valence-corrected chi connectivity index (χ3v) is 5.08. The highest BCUT2D eigenvalue weighted by Crippen LogP contribution is 2.29. The van der Waals surface area contributed by atoms with Crippen LogP contribution in [0.1, 0.15) is 22.3 Å². The maximum atomic E-state index is 12.7. The Balaban J connectivity index is 2.49. The smallest absolute Gasteiger partial charge is 0.265 e. The lowest BCUT2D eigenvalue weighted by Crippen LogP contribution is -2.15.